The van der Waals surface area contributed by atoms with Crippen molar-refractivity contribution in [3.8, 4) is 17.1 Å². The van der Waals surface area contributed by atoms with Crippen molar-refractivity contribution in [3.05, 3.63) is 49.4 Å². The van der Waals surface area contributed by atoms with E-state index in [-0.39, 0.29) is 5.69 Å². The molecule has 0 aliphatic heterocycles. The molecule has 3 rings (SSSR count). The molecule has 0 aliphatic rings. The Balaban J connectivity index is 2.20. The van der Waals surface area contributed by atoms with Gasteiger partial charge in [-0.25, -0.2) is 4.98 Å². The van der Waals surface area contributed by atoms with Crippen LogP contribution in [0.25, 0.3) is 22.4 Å². The molecule has 0 fully saturated rings. The van der Waals surface area contributed by atoms with Gasteiger partial charge in [0, 0.05) is 16.6 Å². The van der Waals surface area contributed by atoms with Crippen LogP contribution >= 0.6 is 31.9 Å². The SMILES string of the molecule is COc1c(Br)cc(Br)cc1-c1nc2ccc([N+](=O)[O-])cc2[nH]1. The summed E-state index contributed by atoms with van der Waals surface area (Å²) in [6.07, 6.45) is 0. The number of benzene rings is 2. The number of imidazole rings is 1. The molecule has 0 bridgehead atoms. The van der Waals surface area contributed by atoms with E-state index in [1.165, 1.54) is 12.1 Å². The minimum atomic E-state index is -0.434. The number of nitro benzene ring substituents is 1. The van der Waals surface area contributed by atoms with Gasteiger partial charge in [0.2, 0.25) is 0 Å². The maximum Gasteiger partial charge on any atom is 0.271 e. The van der Waals surface area contributed by atoms with Gasteiger partial charge in [0.25, 0.3) is 5.69 Å². The van der Waals surface area contributed by atoms with Crippen molar-refractivity contribution in [2.24, 2.45) is 0 Å². The maximum atomic E-state index is 10.9. The Labute approximate surface area is 141 Å². The fourth-order valence-corrected chi connectivity index (χ4v) is 3.57. The summed E-state index contributed by atoms with van der Waals surface area (Å²) in [5.74, 6) is 1.21. The Bertz CT molecular complexity index is 892. The van der Waals surface area contributed by atoms with Crippen molar-refractivity contribution in [1.82, 2.24) is 9.97 Å². The number of methoxy groups -OCH3 is 1. The van der Waals surface area contributed by atoms with Gasteiger partial charge in [-0.05, 0) is 34.1 Å². The highest BCUT2D eigenvalue weighted by molar-refractivity contribution is 9.11. The Morgan fingerprint density at radius 2 is 2.05 bits per heavy atom. The molecule has 0 spiro atoms. The fourth-order valence-electron chi connectivity index (χ4n) is 2.18. The van der Waals surface area contributed by atoms with Crippen LogP contribution in [0.4, 0.5) is 5.69 Å². The number of fused-ring (bicyclic) bond motifs is 1. The molecule has 0 aliphatic carbocycles. The van der Waals surface area contributed by atoms with E-state index >= 15 is 0 Å². The summed E-state index contributed by atoms with van der Waals surface area (Å²) in [7, 11) is 1.57. The first-order valence-corrected chi connectivity index (χ1v) is 7.76. The number of halogens is 2. The summed E-state index contributed by atoms with van der Waals surface area (Å²) < 4.78 is 7.05. The van der Waals surface area contributed by atoms with Crippen LogP contribution < -0.4 is 4.74 Å². The standard InChI is InChI=1S/C14H9Br2N3O3/c1-22-13-9(4-7(15)5-10(13)16)14-17-11-3-2-8(19(20)21)6-12(11)18-14/h2-6H,1H3,(H,17,18). The molecule has 0 saturated carbocycles. The highest BCUT2D eigenvalue weighted by Crippen LogP contribution is 2.38. The van der Waals surface area contributed by atoms with Crippen LogP contribution in [0.3, 0.4) is 0 Å². The molecule has 8 heteroatoms. The molecular formula is C14H9Br2N3O3. The molecule has 22 heavy (non-hydrogen) atoms. The molecule has 0 radical (unpaired) electrons. The zero-order valence-corrected chi connectivity index (χ0v) is 14.4. The van der Waals surface area contributed by atoms with Gasteiger partial charge >= 0.3 is 0 Å². The third-order valence-corrected chi connectivity index (χ3v) is 4.19. The lowest BCUT2D eigenvalue weighted by molar-refractivity contribution is -0.384. The lowest BCUT2D eigenvalue weighted by atomic mass is 10.2. The molecule has 1 aromatic heterocycles. The Morgan fingerprint density at radius 1 is 1.27 bits per heavy atom. The molecule has 112 valence electrons. The number of non-ortho nitro benzene ring substituents is 1. The molecule has 0 amide bonds. The van der Waals surface area contributed by atoms with E-state index in [2.05, 4.69) is 41.8 Å². The van der Waals surface area contributed by atoms with E-state index in [4.69, 9.17) is 4.74 Å². The maximum absolute atomic E-state index is 10.9. The smallest absolute Gasteiger partial charge is 0.271 e. The summed E-state index contributed by atoms with van der Waals surface area (Å²) in [4.78, 5) is 18.0. The molecule has 0 unspecified atom stereocenters. The van der Waals surface area contributed by atoms with E-state index in [1.807, 2.05) is 12.1 Å². The Hall–Kier alpha value is -1.93. The van der Waals surface area contributed by atoms with Crippen LogP contribution in [-0.2, 0) is 0 Å². The number of nitro groups is 1. The zero-order valence-electron chi connectivity index (χ0n) is 11.3. The molecule has 2 aromatic carbocycles. The highest BCUT2D eigenvalue weighted by Gasteiger charge is 2.16. The molecule has 1 N–H and O–H groups in total. The number of aromatic nitrogens is 2. The van der Waals surface area contributed by atoms with Crippen molar-refractivity contribution in [1.29, 1.82) is 0 Å². The second-order valence-electron chi connectivity index (χ2n) is 4.51. The van der Waals surface area contributed by atoms with Gasteiger partial charge in [-0.2, -0.15) is 0 Å². The average Bonchev–Trinajstić information content (AvgIpc) is 2.89. The number of hydrogen-bond acceptors (Lipinski definition) is 4. The van der Waals surface area contributed by atoms with E-state index in [0.717, 1.165) is 14.5 Å². The van der Waals surface area contributed by atoms with Crippen LogP contribution in [0, 0.1) is 10.1 Å². The van der Waals surface area contributed by atoms with Crippen molar-refractivity contribution in [2.45, 2.75) is 0 Å². The van der Waals surface area contributed by atoms with Gasteiger partial charge in [0.15, 0.2) is 0 Å². The predicted molar refractivity (Wildman–Crippen MR) is 90.1 cm³/mol. The summed E-state index contributed by atoms with van der Waals surface area (Å²) in [5.41, 5.74) is 2.02. The van der Waals surface area contributed by atoms with Gasteiger partial charge < -0.3 is 9.72 Å². The normalized spacial score (nSPS) is 10.9. The number of ether oxygens (including phenoxy) is 1. The lowest BCUT2D eigenvalue weighted by Gasteiger charge is -2.09. The van der Waals surface area contributed by atoms with Crippen molar-refractivity contribution in [3.63, 3.8) is 0 Å². The average molecular weight is 427 g/mol. The summed E-state index contributed by atoms with van der Waals surface area (Å²) in [6, 6.07) is 8.25. The van der Waals surface area contributed by atoms with Crippen LogP contribution in [0.2, 0.25) is 0 Å². The van der Waals surface area contributed by atoms with E-state index in [1.54, 1.807) is 13.2 Å². The topological polar surface area (TPSA) is 81.1 Å². The lowest BCUT2D eigenvalue weighted by Crippen LogP contribution is -1.91. The second kappa shape index (κ2) is 5.69. The molecule has 1 heterocycles. The van der Waals surface area contributed by atoms with Crippen LogP contribution in [-0.4, -0.2) is 22.0 Å². The number of H-pyrrole nitrogens is 1. The van der Waals surface area contributed by atoms with Crippen molar-refractivity contribution < 1.29 is 9.66 Å². The first-order chi connectivity index (χ1) is 10.5. The van der Waals surface area contributed by atoms with E-state index in [0.29, 0.717) is 22.6 Å². The zero-order chi connectivity index (χ0) is 15.9. The molecule has 0 atom stereocenters. The van der Waals surface area contributed by atoms with Crippen molar-refractivity contribution in [2.75, 3.05) is 7.11 Å². The minimum Gasteiger partial charge on any atom is -0.495 e. The molecule has 6 nitrogen and oxygen atoms in total. The first kappa shape index (κ1) is 15.0. The Morgan fingerprint density at radius 3 is 2.73 bits per heavy atom. The fraction of sp³-hybridized carbons (Fsp3) is 0.0714. The van der Waals surface area contributed by atoms with Gasteiger partial charge in [-0.1, -0.05) is 15.9 Å². The second-order valence-corrected chi connectivity index (χ2v) is 6.28. The van der Waals surface area contributed by atoms with Gasteiger partial charge in [0.1, 0.15) is 11.6 Å². The number of nitrogens with zero attached hydrogens (tertiary/aromatic N) is 2. The monoisotopic (exact) mass is 425 g/mol. The Kier molecular flexibility index (Phi) is 3.88. The van der Waals surface area contributed by atoms with Crippen LogP contribution in [0.1, 0.15) is 0 Å². The summed E-state index contributed by atoms with van der Waals surface area (Å²) in [5, 5.41) is 10.9. The third kappa shape index (κ3) is 2.59. The van der Waals surface area contributed by atoms with E-state index in [9.17, 15) is 10.1 Å². The number of hydrogen-bond donors (Lipinski definition) is 1. The largest absolute Gasteiger partial charge is 0.495 e. The number of nitrogens with one attached hydrogen (secondary N) is 1. The minimum absolute atomic E-state index is 0.0186. The summed E-state index contributed by atoms with van der Waals surface area (Å²) >= 11 is 6.88. The molecular weight excluding hydrogens is 418 g/mol. The quantitative estimate of drug-likeness (QED) is 0.487. The van der Waals surface area contributed by atoms with Gasteiger partial charge in [0.05, 0.1) is 33.1 Å². The predicted octanol–water partition coefficient (Wildman–Crippen LogP) is 4.67. The first-order valence-electron chi connectivity index (χ1n) is 6.17. The third-order valence-electron chi connectivity index (χ3n) is 3.14. The molecule has 3 aromatic rings. The summed E-state index contributed by atoms with van der Waals surface area (Å²) in [6.45, 7) is 0. The van der Waals surface area contributed by atoms with Gasteiger partial charge in [-0.3, -0.25) is 10.1 Å². The number of rotatable bonds is 3. The van der Waals surface area contributed by atoms with Crippen LogP contribution in [0.5, 0.6) is 5.75 Å². The van der Waals surface area contributed by atoms with E-state index < -0.39 is 4.92 Å². The van der Waals surface area contributed by atoms with Gasteiger partial charge in [-0.15, -0.1) is 0 Å². The molecule has 0 saturated heterocycles. The van der Waals surface area contributed by atoms with Crippen molar-refractivity contribution >= 4 is 48.6 Å². The number of aromatic amines is 1. The van der Waals surface area contributed by atoms with Crippen LogP contribution in [0.15, 0.2) is 39.3 Å². The highest BCUT2D eigenvalue weighted by atomic mass is 79.9.